The van der Waals surface area contributed by atoms with E-state index in [-0.39, 0.29) is 35.9 Å². The van der Waals surface area contributed by atoms with Crippen LogP contribution in [-0.4, -0.2) is 37.1 Å². The Morgan fingerprint density at radius 2 is 2.12 bits per heavy atom. The van der Waals surface area contributed by atoms with Crippen molar-refractivity contribution in [3.8, 4) is 0 Å². The van der Waals surface area contributed by atoms with Crippen molar-refractivity contribution >= 4 is 11.8 Å². The highest BCUT2D eigenvalue weighted by molar-refractivity contribution is 5.97. The van der Waals surface area contributed by atoms with Gasteiger partial charge in [0.2, 0.25) is 5.91 Å². The molecular formula is C18H26N2O4. The fourth-order valence-electron chi connectivity index (χ4n) is 4.00. The van der Waals surface area contributed by atoms with E-state index >= 15 is 0 Å². The number of carbonyl (C=O) groups excluding carboxylic acids is 2. The molecule has 2 aliphatic carbocycles. The van der Waals surface area contributed by atoms with Crippen LogP contribution in [0.1, 0.15) is 54.5 Å². The maximum Gasteiger partial charge on any atom is 0.255 e. The standard InChI is InChI=1S/C18H26N2O4/c1-4-23-15-9-14(18(15)6-5-7-18)20-16(21)10-19-17(22)13-8-11(2)24-12(13)3/h8,14-15H,4-7,9-10H2,1-3H3,(H,19,22)(H,20,21)/t14-,15-/m1/s1. The SMILES string of the molecule is CCO[C@@H]1C[C@@H](NC(=O)CNC(=O)c2cc(C)oc2C)C12CCC2. The van der Waals surface area contributed by atoms with E-state index in [4.69, 9.17) is 9.15 Å². The zero-order chi connectivity index (χ0) is 17.3. The Morgan fingerprint density at radius 3 is 2.67 bits per heavy atom. The summed E-state index contributed by atoms with van der Waals surface area (Å²) in [7, 11) is 0. The molecule has 6 nitrogen and oxygen atoms in total. The largest absolute Gasteiger partial charge is 0.466 e. The van der Waals surface area contributed by atoms with Crippen LogP contribution in [0.25, 0.3) is 0 Å². The molecule has 1 heterocycles. The van der Waals surface area contributed by atoms with Gasteiger partial charge in [-0.1, -0.05) is 6.42 Å². The highest BCUT2D eigenvalue weighted by Crippen LogP contribution is 2.57. The van der Waals surface area contributed by atoms with Gasteiger partial charge in [-0.2, -0.15) is 0 Å². The van der Waals surface area contributed by atoms with Gasteiger partial charge in [-0.25, -0.2) is 0 Å². The molecule has 2 aliphatic rings. The van der Waals surface area contributed by atoms with Crippen molar-refractivity contribution in [2.45, 2.75) is 58.6 Å². The Labute approximate surface area is 142 Å². The van der Waals surface area contributed by atoms with Crippen molar-refractivity contribution in [3.05, 3.63) is 23.2 Å². The number of hydrogen-bond acceptors (Lipinski definition) is 4. The molecule has 0 aliphatic heterocycles. The van der Waals surface area contributed by atoms with Crippen LogP contribution in [0.3, 0.4) is 0 Å². The Balaban J connectivity index is 1.48. The van der Waals surface area contributed by atoms with E-state index in [0.717, 1.165) is 19.3 Å². The Hall–Kier alpha value is -1.82. The van der Waals surface area contributed by atoms with Crippen LogP contribution in [0.2, 0.25) is 0 Å². The maximum atomic E-state index is 12.2. The molecule has 2 amide bonds. The Bertz CT molecular complexity index is 633. The first-order chi connectivity index (χ1) is 11.5. The number of nitrogens with one attached hydrogen (secondary N) is 2. The lowest BCUT2D eigenvalue weighted by molar-refractivity contribution is -0.175. The summed E-state index contributed by atoms with van der Waals surface area (Å²) in [6.45, 7) is 6.23. The smallest absolute Gasteiger partial charge is 0.255 e. The van der Waals surface area contributed by atoms with E-state index in [2.05, 4.69) is 10.6 Å². The van der Waals surface area contributed by atoms with E-state index in [0.29, 0.717) is 23.7 Å². The third-order valence-electron chi connectivity index (χ3n) is 5.47. The van der Waals surface area contributed by atoms with Crippen LogP contribution < -0.4 is 10.6 Å². The van der Waals surface area contributed by atoms with Gasteiger partial charge >= 0.3 is 0 Å². The molecule has 6 heteroatoms. The lowest BCUT2D eigenvalue weighted by Gasteiger charge is -2.61. The summed E-state index contributed by atoms with van der Waals surface area (Å²) in [6.07, 6.45) is 4.57. The highest BCUT2D eigenvalue weighted by atomic mass is 16.5. The molecule has 0 unspecified atom stereocenters. The minimum Gasteiger partial charge on any atom is -0.466 e. The number of ether oxygens (including phenoxy) is 1. The van der Waals surface area contributed by atoms with Crippen molar-refractivity contribution in [2.75, 3.05) is 13.2 Å². The van der Waals surface area contributed by atoms with Crippen molar-refractivity contribution in [2.24, 2.45) is 5.41 Å². The molecule has 1 aromatic heterocycles. The van der Waals surface area contributed by atoms with Crippen LogP contribution >= 0.6 is 0 Å². The van der Waals surface area contributed by atoms with Crippen LogP contribution in [0.4, 0.5) is 0 Å². The maximum absolute atomic E-state index is 12.2. The van der Waals surface area contributed by atoms with Crippen LogP contribution in [-0.2, 0) is 9.53 Å². The van der Waals surface area contributed by atoms with E-state index < -0.39 is 0 Å². The van der Waals surface area contributed by atoms with Gasteiger partial charge in [-0.15, -0.1) is 0 Å². The normalized spacial score (nSPS) is 24.1. The molecule has 1 aromatic rings. The predicted octanol–water partition coefficient (Wildman–Crippen LogP) is 2.09. The quantitative estimate of drug-likeness (QED) is 0.835. The number of furan rings is 1. The van der Waals surface area contributed by atoms with Crippen LogP contribution in [0, 0.1) is 19.3 Å². The highest BCUT2D eigenvalue weighted by Gasteiger charge is 2.59. The number of hydrogen-bond donors (Lipinski definition) is 2. The monoisotopic (exact) mass is 334 g/mol. The fraction of sp³-hybridized carbons (Fsp3) is 0.667. The lowest BCUT2D eigenvalue weighted by Crippen LogP contribution is -2.68. The van der Waals surface area contributed by atoms with E-state index in [9.17, 15) is 9.59 Å². The number of amides is 2. The predicted molar refractivity (Wildman–Crippen MR) is 88.8 cm³/mol. The molecule has 2 N–H and O–H groups in total. The first kappa shape index (κ1) is 17.0. The molecule has 2 atom stereocenters. The third kappa shape index (κ3) is 2.95. The first-order valence-electron chi connectivity index (χ1n) is 8.72. The second-order valence-corrected chi connectivity index (χ2v) is 6.90. The minimum atomic E-state index is -0.279. The minimum absolute atomic E-state index is 0.0195. The average Bonchev–Trinajstić information content (AvgIpc) is 2.80. The summed E-state index contributed by atoms with van der Waals surface area (Å²) in [5.74, 6) is 0.828. The first-order valence-corrected chi connectivity index (χ1v) is 8.72. The molecule has 1 spiro atoms. The zero-order valence-corrected chi connectivity index (χ0v) is 14.6. The molecule has 0 saturated heterocycles. The van der Waals surface area contributed by atoms with Crippen LogP contribution in [0.15, 0.2) is 10.5 Å². The summed E-state index contributed by atoms with van der Waals surface area (Å²) in [5, 5.41) is 5.73. The molecule has 2 saturated carbocycles. The number of aryl methyl sites for hydroxylation is 2. The summed E-state index contributed by atoms with van der Waals surface area (Å²) in [4.78, 5) is 24.3. The van der Waals surface area contributed by atoms with Gasteiger partial charge in [-0.05, 0) is 46.1 Å². The van der Waals surface area contributed by atoms with E-state index in [1.165, 1.54) is 6.42 Å². The Kier molecular flexibility index (Phi) is 4.67. The second-order valence-electron chi connectivity index (χ2n) is 6.90. The average molecular weight is 334 g/mol. The topological polar surface area (TPSA) is 80.6 Å². The van der Waals surface area contributed by atoms with Gasteiger partial charge in [0, 0.05) is 18.1 Å². The van der Waals surface area contributed by atoms with Gasteiger partial charge < -0.3 is 19.8 Å². The second kappa shape index (κ2) is 6.59. The third-order valence-corrected chi connectivity index (χ3v) is 5.47. The van der Waals surface area contributed by atoms with Gasteiger partial charge in [0.15, 0.2) is 0 Å². The summed E-state index contributed by atoms with van der Waals surface area (Å²) in [5.41, 5.74) is 0.615. The molecule has 0 bridgehead atoms. The summed E-state index contributed by atoms with van der Waals surface area (Å²) < 4.78 is 11.1. The number of rotatable bonds is 6. The fourth-order valence-corrected chi connectivity index (χ4v) is 4.00. The van der Waals surface area contributed by atoms with Gasteiger partial charge in [0.1, 0.15) is 11.5 Å². The van der Waals surface area contributed by atoms with Crippen molar-refractivity contribution in [3.63, 3.8) is 0 Å². The lowest BCUT2D eigenvalue weighted by atomic mass is 9.51. The molecule has 2 fully saturated rings. The summed E-state index contributed by atoms with van der Waals surface area (Å²) in [6, 6.07) is 1.86. The van der Waals surface area contributed by atoms with E-state index in [1.807, 2.05) is 6.92 Å². The molecular weight excluding hydrogens is 308 g/mol. The molecule has 3 rings (SSSR count). The van der Waals surface area contributed by atoms with Gasteiger partial charge in [0.25, 0.3) is 5.91 Å². The van der Waals surface area contributed by atoms with Crippen LogP contribution in [0.5, 0.6) is 0 Å². The molecule has 132 valence electrons. The molecule has 24 heavy (non-hydrogen) atoms. The van der Waals surface area contributed by atoms with Crippen molar-refractivity contribution < 1.29 is 18.7 Å². The molecule has 0 radical (unpaired) electrons. The van der Waals surface area contributed by atoms with E-state index in [1.54, 1.807) is 19.9 Å². The van der Waals surface area contributed by atoms with Crippen molar-refractivity contribution in [1.82, 2.24) is 10.6 Å². The number of carbonyl (C=O) groups is 2. The zero-order valence-electron chi connectivity index (χ0n) is 14.6. The van der Waals surface area contributed by atoms with Gasteiger partial charge in [-0.3, -0.25) is 9.59 Å². The molecule has 0 aromatic carbocycles. The van der Waals surface area contributed by atoms with Crippen molar-refractivity contribution in [1.29, 1.82) is 0 Å². The van der Waals surface area contributed by atoms with Gasteiger partial charge in [0.05, 0.1) is 18.2 Å². The Morgan fingerprint density at radius 1 is 1.38 bits per heavy atom. The summed E-state index contributed by atoms with van der Waals surface area (Å²) >= 11 is 0.